The minimum absolute atomic E-state index is 0.0667. The van der Waals surface area contributed by atoms with E-state index in [0.29, 0.717) is 5.69 Å². The van der Waals surface area contributed by atoms with Gasteiger partial charge >= 0.3 is 6.18 Å². The fourth-order valence-electron chi connectivity index (χ4n) is 1.13. The highest BCUT2D eigenvalue weighted by atomic mass is 19.4. The average molecular weight is 284 g/mol. The van der Waals surface area contributed by atoms with Gasteiger partial charge in [0.05, 0.1) is 0 Å². The molecule has 3 aromatic rings. The number of rotatable bonds is 1. The van der Waals surface area contributed by atoms with E-state index in [-0.39, 0.29) is 5.82 Å². The van der Waals surface area contributed by atoms with Crippen LogP contribution in [0, 0.1) is 0 Å². The van der Waals surface area contributed by atoms with Gasteiger partial charge in [0.15, 0.2) is 12.2 Å². The summed E-state index contributed by atoms with van der Waals surface area (Å²) in [5.41, 5.74) is 0.296. The van der Waals surface area contributed by atoms with E-state index in [1.54, 1.807) is 12.1 Å². The van der Waals surface area contributed by atoms with E-state index in [4.69, 9.17) is 0 Å². The van der Waals surface area contributed by atoms with E-state index < -0.39 is 12.0 Å². The lowest BCUT2D eigenvalue weighted by Crippen LogP contribution is -2.07. The van der Waals surface area contributed by atoms with Crippen LogP contribution in [0.25, 0.3) is 11.5 Å². The zero-order chi connectivity index (χ0) is 14.4. The summed E-state index contributed by atoms with van der Waals surface area (Å²) in [5, 5.41) is 17.4. The smallest absolute Gasteiger partial charge is 0.255 e. The lowest BCUT2D eigenvalue weighted by Gasteiger charge is -1.98. The van der Waals surface area contributed by atoms with Crippen LogP contribution in [-0.2, 0) is 6.18 Å². The number of pyridine rings is 1. The van der Waals surface area contributed by atoms with Crippen LogP contribution in [0.2, 0.25) is 0 Å². The lowest BCUT2D eigenvalue weighted by atomic mass is 10.3. The molecular weight excluding hydrogens is 277 g/mol. The van der Waals surface area contributed by atoms with Crippen molar-refractivity contribution < 1.29 is 13.2 Å². The summed E-state index contributed by atoms with van der Waals surface area (Å²) >= 11 is 0. The quantitative estimate of drug-likeness (QED) is 0.692. The van der Waals surface area contributed by atoms with Gasteiger partial charge < -0.3 is 0 Å². The van der Waals surface area contributed by atoms with Gasteiger partial charge in [0, 0.05) is 6.20 Å². The number of nitrogens with zero attached hydrogens (tertiary/aromatic N) is 6. The van der Waals surface area contributed by atoms with Gasteiger partial charge in [0.25, 0.3) is 0 Å². The third-order valence-corrected chi connectivity index (χ3v) is 1.92. The average Bonchev–Trinajstić information content (AvgIpc) is 3.14. The number of tetrazole rings is 1. The van der Waals surface area contributed by atoms with Gasteiger partial charge in [-0.25, -0.2) is 4.98 Å². The maximum absolute atomic E-state index is 12.2. The van der Waals surface area contributed by atoms with Crippen molar-refractivity contribution in [2.24, 2.45) is 0 Å². The molecule has 20 heavy (non-hydrogen) atoms. The fraction of sp³-hybridized carbons (Fsp3) is 0.111. The molecule has 2 N–H and O–H groups in total. The van der Waals surface area contributed by atoms with E-state index in [9.17, 15) is 13.2 Å². The Hall–Kier alpha value is -2.85. The first-order valence-corrected chi connectivity index (χ1v) is 5.15. The Kier molecular flexibility index (Phi) is 3.98. The molecule has 11 heteroatoms. The first kappa shape index (κ1) is 13.6. The molecule has 3 rings (SSSR count). The summed E-state index contributed by atoms with van der Waals surface area (Å²) in [5.74, 6) is -1.19. The molecule has 104 valence electrons. The second-order valence-electron chi connectivity index (χ2n) is 3.28. The van der Waals surface area contributed by atoms with Gasteiger partial charge in [-0.1, -0.05) is 11.3 Å². The maximum Gasteiger partial charge on any atom is 0.451 e. The zero-order valence-electron chi connectivity index (χ0n) is 9.70. The number of nitrogens with one attached hydrogen (secondary N) is 2. The standard InChI is InChI=1S/C8H5F3N4.CH2N4/c9-8(10,11)7-13-6(14-15-7)5-3-1-2-4-12-5;1-2-4-5-3-1/h1-4H,(H,13,14,15);1H,(H,2,3,4,5). The minimum atomic E-state index is -4.51. The number of hydrogen-bond donors (Lipinski definition) is 2. The maximum atomic E-state index is 12.2. The van der Waals surface area contributed by atoms with Gasteiger partial charge in [-0.15, -0.1) is 10.2 Å². The second-order valence-corrected chi connectivity index (χ2v) is 3.28. The van der Waals surface area contributed by atoms with Gasteiger partial charge in [0.1, 0.15) is 5.69 Å². The predicted octanol–water partition coefficient (Wildman–Crippen LogP) is 1.09. The van der Waals surface area contributed by atoms with Crippen molar-refractivity contribution in [2.75, 3.05) is 0 Å². The van der Waals surface area contributed by atoms with Crippen molar-refractivity contribution in [3.63, 3.8) is 0 Å². The van der Waals surface area contributed by atoms with Crippen LogP contribution in [0.4, 0.5) is 13.2 Å². The van der Waals surface area contributed by atoms with Crippen molar-refractivity contribution in [3.8, 4) is 11.5 Å². The summed E-state index contributed by atoms with van der Waals surface area (Å²) in [6, 6.07) is 4.83. The summed E-state index contributed by atoms with van der Waals surface area (Å²) in [4.78, 5) is 7.13. The molecule has 8 nitrogen and oxygen atoms in total. The number of H-pyrrole nitrogens is 2. The molecule has 0 saturated heterocycles. The van der Waals surface area contributed by atoms with Gasteiger partial charge in [-0.2, -0.15) is 23.5 Å². The largest absolute Gasteiger partial charge is 0.451 e. The molecule has 0 atom stereocenters. The molecule has 0 saturated carbocycles. The Morgan fingerprint density at radius 2 is 2.00 bits per heavy atom. The molecule has 0 aliphatic rings. The van der Waals surface area contributed by atoms with E-state index in [0.717, 1.165) is 0 Å². The Morgan fingerprint density at radius 1 is 1.15 bits per heavy atom. The molecule has 0 radical (unpaired) electrons. The summed E-state index contributed by atoms with van der Waals surface area (Å²) in [7, 11) is 0. The molecule has 0 spiro atoms. The highest BCUT2D eigenvalue weighted by Gasteiger charge is 2.35. The SMILES string of the molecule is FC(F)(F)c1nc(-c2ccccn2)n[nH]1.c1nn[nH]n1. The van der Waals surface area contributed by atoms with Gasteiger partial charge in [0.2, 0.25) is 5.82 Å². The molecular formula is C9H7F3N8. The fourth-order valence-corrected chi connectivity index (χ4v) is 1.13. The van der Waals surface area contributed by atoms with Crippen LogP contribution in [0.15, 0.2) is 30.7 Å². The topological polar surface area (TPSA) is 109 Å². The van der Waals surface area contributed by atoms with Crippen LogP contribution >= 0.6 is 0 Å². The highest BCUT2D eigenvalue weighted by molar-refractivity contribution is 5.47. The van der Waals surface area contributed by atoms with E-state index in [1.807, 2.05) is 5.10 Å². The van der Waals surface area contributed by atoms with E-state index in [2.05, 4.69) is 35.7 Å². The first-order chi connectivity index (χ1) is 9.57. The van der Waals surface area contributed by atoms with Gasteiger partial charge in [-0.05, 0) is 12.1 Å². The number of alkyl halides is 3. The lowest BCUT2D eigenvalue weighted by molar-refractivity contribution is -0.144. The summed E-state index contributed by atoms with van der Waals surface area (Å²) < 4.78 is 36.5. The summed E-state index contributed by atoms with van der Waals surface area (Å²) in [6.07, 6.45) is -1.72. The molecule has 0 unspecified atom stereocenters. The Balaban J connectivity index is 0.000000247. The molecule has 0 aromatic carbocycles. The Morgan fingerprint density at radius 3 is 2.45 bits per heavy atom. The third kappa shape index (κ3) is 3.57. The van der Waals surface area contributed by atoms with Crippen LogP contribution in [-0.4, -0.2) is 40.8 Å². The zero-order valence-corrected chi connectivity index (χ0v) is 9.70. The van der Waals surface area contributed by atoms with E-state index >= 15 is 0 Å². The van der Waals surface area contributed by atoms with Crippen molar-refractivity contribution in [2.45, 2.75) is 6.18 Å². The van der Waals surface area contributed by atoms with Gasteiger partial charge in [-0.3, -0.25) is 10.1 Å². The molecule has 0 amide bonds. The van der Waals surface area contributed by atoms with Crippen molar-refractivity contribution in [1.29, 1.82) is 0 Å². The van der Waals surface area contributed by atoms with Crippen molar-refractivity contribution >= 4 is 0 Å². The number of aromatic nitrogens is 8. The van der Waals surface area contributed by atoms with Crippen LogP contribution in [0.1, 0.15) is 5.82 Å². The third-order valence-electron chi connectivity index (χ3n) is 1.92. The summed E-state index contributed by atoms with van der Waals surface area (Å²) in [6.45, 7) is 0. The molecule has 0 bridgehead atoms. The molecule has 0 fully saturated rings. The van der Waals surface area contributed by atoms with Crippen LogP contribution in [0.3, 0.4) is 0 Å². The first-order valence-electron chi connectivity index (χ1n) is 5.15. The molecule has 0 aliphatic carbocycles. The normalized spacial score (nSPS) is 10.8. The minimum Gasteiger partial charge on any atom is -0.255 e. The van der Waals surface area contributed by atoms with E-state index in [1.165, 1.54) is 18.6 Å². The molecule has 3 heterocycles. The Bertz CT molecular complexity index is 601. The van der Waals surface area contributed by atoms with Crippen LogP contribution < -0.4 is 0 Å². The predicted molar refractivity (Wildman–Crippen MR) is 58.8 cm³/mol. The van der Waals surface area contributed by atoms with Crippen LogP contribution in [0.5, 0.6) is 0 Å². The molecule has 3 aromatic heterocycles. The monoisotopic (exact) mass is 284 g/mol. The number of aromatic amines is 2. The second kappa shape index (κ2) is 5.86. The number of hydrogen-bond acceptors (Lipinski definition) is 6. The van der Waals surface area contributed by atoms with Crippen molar-refractivity contribution in [1.82, 2.24) is 40.8 Å². The highest BCUT2D eigenvalue weighted by Crippen LogP contribution is 2.26. The molecule has 0 aliphatic heterocycles. The number of halogens is 3. The van der Waals surface area contributed by atoms with Crippen molar-refractivity contribution in [3.05, 3.63) is 36.5 Å². The Labute approximate surface area is 109 Å².